The summed E-state index contributed by atoms with van der Waals surface area (Å²) in [4.78, 5) is 16.7. The first kappa shape index (κ1) is 16.3. The summed E-state index contributed by atoms with van der Waals surface area (Å²) in [6.07, 6.45) is 6.75. The maximum Gasteiger partial charge on any atom is 0.255 e. The normalized spacial score (nSPS) is 21.9. The maximum absolute atomic E-state index is 12.4. The van der Waals surface area contributed by atoms with Crippen molar-refractivity contribution >= 4 is 27.7 Å². The molecule has 1 amide bonds. The summed E-state index contributed by atoms with van der Waals surface area (Å²) in [6.45, 7) is 5.81. The zero-order valence-corrected chi connectivity index (χ0v) is 14.4. The fraction of sp³-hybridized carbons (Fsp3) is 0.625. The molecular formula is C16H24BrN3O. The van der Waals surface area contributed by atoms with E-state index in [0.717, 1.165) is 23.5 Å². The molecule has 1 heterocycles. The lowest BCUT2D eigenvalue weighted by Crippen LogP contribution is -2.32. The second-order valence-corrected chi connectivity index (χ2v) is 6.84. The van der Waals surface area contributed by atoms with Gasteiger partial charge in [0, 0.05) is 23.8 Å². The zero-order chi connectivity index (χ0) is 15.2. The van der Waals surface area contributed by atoms with Gasteiger partial charge < -0.3 is 10.6 Å². The van der Waals surface area contributed by atoms with Crippen LogP contribution in [-0.2, 0) is 0 Å². The van der Waals surface area contributed by atoms with Gasteiger partial charge >= 0.3 is 0 Å². The molecule has 5 heteroatoms. The molecule has 2 unspecified atom stereocenters. The minimum Gasteiger partial charge on any atom is -0.370 e. The smallest absolute Gasteiger partial charge is 0.255 e. The number of carbonyl (C=O) groups is 1. The van der Waals surface area contributed by atoms with Crippen LogP contribution in [0.2, 0.25) is 0 Å². The molecule has 2 atom stereocenters. The van der Waals surface area contributed by atoms with Crippen molar-refractivity contribution in [3.05, 3.63) is 22.3 Å². The minimum atomic E-state index is -0.0435. The minimum absolute atomic E-state index is 0.0435. The number of aromatic nitrogens is 1. The number of carbonyl (C=O) groups excluding carboxylic acids is 1. The van der Waals surface area contributed by atoms with Gasteiger partial charge in [-0.3, -0.25) is 4.79 Å². The molecule has 1 fully saturated rings. The fourth-order valence-electron chi connectivity index (χ4n) is 3.00. The third-order valence-corrected chi connectivity index (χ3v) is 4.47. The van der Waals surface area contributed by atoms with E-state index >= 15 is 0 Å². The highest BCUT2D eigenvalue weighted by molar-refractivity contribution is 9.10. The summed E-state index contributed by atoms with van der Waals surface area (Å²) in [5, 5.41) is 6.21. The van der Waals surface area contributed by atoms with E-state index in [1.165, 1.54) is 25.7 Å². The molecule has 4 nitrogen and oxygen atoms in total. The molecule has 0 radical (unpaired) electrons. The number of hydrogen-bond donors (Lipinski definition) is 2. The fourth-order valence-corrected chi connectivity index (χ4v) is 3.33. The van der Waals surface area contributed by atoms with Gasteiger partial charge in [0.1, 0.15) is 5.82 Å². The Morgan fingerprint density at radius 1 is 1.48 bits per heavy atom. The summed E-state index contributed by atoms with van der Waals surface area (Å²) >= 11 is 3.38. The second kappa shape index (κ2) is 7.78. The van der Waals surface area contributed by atoms with Crippen LogP contribution in [0.15, 0.2) is 16.7 Å². The molecule has 1 aliphatic carbocycles. The molecule has 2 rings (SSSR count). The monoisotopic (exact) mass is 353 g/mol. The molecule has 1 saturated carbocycles. The van der Waals surface area contributed by atoms with Crippen LogP contribution in [0.25, 0.3) is 0 Å². The quantitative estimate of drug-likeness (QED) is 0.845. The average molecular weight is 354 g/mol. The largest absolute Gasteiger partial charge is 0.370 e. The lowest BCUT2D eigenvalue weighted by atomic mass is 9.82. The highest BCUT2D eigenvalue weighted by atomic mass is 79.9. The predicted octanol–water partition coefficient (Wildman–Crippen LogP) is 3.83. The topological polar surface area (TPSA) is 54.0 Å². The zero-order valence-electron chi connectivity index (χ0n) is 12.8. The van der Waals surface area contributed by atoms with Crippen LogP contribution in [0.1, 0.15) is 49.9 Å². The molecule has 2 N–H and O–H groups in total. The van der Waals surface area contributed by atoms with E-state index in [4.69, 9.17) is 0 Å². The van der Waals surface area contributed by atoms with Crippen molar-refractivity contribution in [2.45, 2.75) is 39.5 Å². The summed E-state index contributed by atoms with van der Waals surface area (Å²) in [7, 11) is 0. The van der Waals surface area contributed by atoms with E-state index in [2.05, 4.69) is 38.5 Å². The lowest BCUT2D eigenvalue weighted by molar-refractivity contribution is 0.0941. The number of hydrogen-bond acceptors (Lipinski definition) is 3. The van der Waals surface area contributed by atoms with Crippen molar-refractivity contribution in [1.29, 1.82) is 0 Å². The third-order valence-electron chi connectivity index (χ3n) is 4.04. The Hall–Kier alpha value is -1.10. The Kier molecular flexibility index (Phi) is 6.03. The number of amides is 1. The molecule has 21 heavy (non-hydrogen) atoms. The maximum atomic E-state index is 12.4. The van der Waals surface area contributed by atoms with Crippen molar-refractivity contribution in [1.82, 2.24) is 10.3 Å². The van der Waals surface area contributed by atoms with Crippen LogP contribution in [0.3, 0.4) is 0 Å². The number of nitrogens with zero attached hydrogens (tertiary/aromatic N) is 1. The molecule has 116 valence electrons. The molecular weight excluding hydrogens is 330 g/mol. The van der Waals surface area contributed by atoms with E-state index in [-0.39, 0.29) is 5.91 Å². The highest BCUT2D eigenvalue weighted by Gasteiger charge is 2.20. The first-order valence-electron chi connectivity index (χ1n) is 7.77. The Bertz CT molecular complexity index is 492. The van der Waals surface area contributed by atoms with E-state index < -0.39 is 0 Å². The van der Waals surface area contributed by atoms with Crippen molar-refractivity contribution in [2.24, 2.45) is 11.8 Å². The number of anilines is 1. The molecule has 1 aromatic heterocycles. The van der Waals surface area contributed by atoms with E-state index in [1.807, 2.05) is 13.0 Å². The van der Waals surface area contributed by atoms with Gasteiger partial charge in [0.05, 0.1) is 5.56 Å². The first-order chi connectivity index (χ1) is 10.1. The Labute approximate surface area is 135 Å². The van der Waals surface area contributed by atoms with E-state index in [0.29, 0.717) is 17.3 Å². The van der Waals surface area contributed by atoms with E-state index in [9.17, 15) is 4.79 Å². The van der Waals surface area contributed by atoms with Crippen molar-refractivity contribution < 1.29 is 4.79 Å². The van der Waals surface area contributed by atoms with Gasteiger partial charge in [-0.15, -0.1) is 0 Å². The Balaban J connectivity index is 1.97. The summed E-state index contributed by atoms with van der Waals surface area (Å²) in [5.41, 5.74) is 0.607. The van der Waals surface area contributed by atoms with Crippen LogP contribution >= 0.6 is 15.9 Å². The van der Waals surface area contributed by atoms with Crippen molar-refractivity contribution in [3.8, 4) is 0 Å². The summed E-state index contributed by atoms with van der Waals surface area (Å²) in [5.74, 6) is 2.00. The molecule has 0 aliphatic heterocycles. The molecule has 0 bridgehead atoms. The van der Waals surface area contributed by atoms with Gasteiger partial charge in [0.25, 0.3) is 5.91 Å². The number of halogens is 1. The van der Waals surface area contributed by atoms with Crippen LogP contribution in [-0.4, -0.2) is 24.0 Å². The van der Waals surface area contributed by atoms with E-state index in [1.54, 1.807) is 6.20 Å². The highest BCUT2D eigenvalue weighted by Crippen LogP contribution is 2.28. The van der Waals surface area contributed by atoms with Crippen LogP contribution in [0.5, 0.6) is 0 Å². The number of rotatable bonds is 5. The van der Waals surface area contributed by atoms with Crippen LogP contribution < -0.4 is 10.6 Å². The first-order valence-corrected chi connectivity index (χ1v) is 8.57. The van der Waals surface area contributed by atoms with Gasteiger partial charge in [-0.1, -0.05) is 19.8 Å². The van der Waals surface area contributed by atoms with Crippen molar-refractivity contribution in [3.63, 3.8) is 0 Å². The van der Waals surface area contributed by atoms with Crippen LogP contribution in [0, 0.1) is 11.8 Å². The molecule has 1 aliphatic rings. The van der Waals surface area contributed by atoms with Gasteiger partial charge in [-0.25, -0.2) is 4.98 Å². The van der Waals surface area contributed by atoms with Gasteiger partial charge in [-0.2, -0.15) is 0 Å². The predicted molar refractivity (Wildman–Crippen MR) is 89.6 cm³/mol. The Morgan fingerprint density at radius 2 is 2.29 bits per heavy atom. The number of nitrogens with one attached hydrogen (secondary N) is 2. The standard InChI is InChI=1S/C16H24BrN3O/c1-3-18-15-14(8-13(17)10-19-15)16(21)20-9-12-6-4-5-11(2)7-12/h8,10-12H,3-7,9H2,1-2H3,(H,18,19)(H,20,21). The molecule has 0 aromatic carbocycles. The average Bonchev–Trinajstić information content (AvgIpc) is 2.47. The molecule has 1 aromatic rings. The molecule has 0 saturated heterocycles. The van der Waals surface area contributed by atoms with Gasteiger partial charge in [0.2, 0.25) is 0 Å². The third kappa shape index (κ3) is 4.70. The van der Waals surface area contributed by atoms with Crippen molar-refractivity contribution in [2.75, 3.05) is 18.4 Å². The lowest BCUT2D eigenvalue weighted by Gasteiger charge is -2.26. The van der Waals surface area contributed by atoms with Crippen LogP contribution in [0.4, 0.5) is 5.82 Å². The SMILES string of the molecule is CCNc1ncc(Br)cc1C(=O)NCC1CCCC(C)C1. The summed E-state index contributed by atoms with van der Waals surface area (Å²) < 4.78 is 0.820. The second-order valence-electron chi connectivity index (χ2n) is 5.93. The Morgan fingerprint density at radius 3 is 3.00 bits per heavy atom. The molecule has 0 spiro atoms. The summed E-state index contributed by atoms with van der Waals surface area (Å²) in [6, 6.07) is 1.82. The van der Waals surface area contributed by atoms with Gasteiger partial charge in [0.15, 0.2) is 0 Å². The number of pyridine rings is 1. The van der Waals surface area contributed by atoms with Gasteiger partial charge in [-0.05, 0) is 53.6 Å².